The minimum atomic E-state index is -0.295. The van der Waals surface area contributed by atoms with Gasteiger partial charge < -0.3 is 14.7 Å². The first-order chi connectivity index (χ1) is 12.0. The molecule has 2 aliphatic heterocycles. The minimum absolute atomic E-state index is 0.0392. The molecule has 2 fully saturated rings. The zero-order chi connectivity index (χ0) is 17.2. The highest BCUT2D eigenvalue weighted by Crippen LogP contribution is 2.75. The number of phenols is 1. The maximum absolute atomic E-state index is 10.5. The normalized spacial score (nSPS) is 48.0. The van der Waals surface area contributed by atoms with Crippen LogP contribution in [0, 0.1) is 28.1 Å². The summed E-state index contributed by atoms with van der Waals surface area (Å²) in [7, 11) is 2.22. The largest absolute Gasteiger partial charge is 0.504 e. The molecule has 25 heavy (non-hydrogen) atoms. The van der Waals surface area contributed by atoms with E-state index in [-0.39, 0.29) is 34.0 Å². The Hall–Kier alpha value is -1.99. The number of ether oxygens (including phenoxy) is 1. The lowest BCUT2D eigenvalue weighted by Crippen LogP contribution is -2.76. The lowest BCUT2D eigenvalue weighted by atomic mass is 9.35. The molecule has 4 heteroatoms. The third kappa shape index (κ3) is 1.19. The van der Waals surface area contributed by atoms with Gasteiger partial charge in [-0.2, -0.15) is 5.26 Å². The van der Waals surface area contributed by atoms with Crippen molar-refractivity contribution in [3.8, 4) is 17.6 Å². The molecule has 1 saturated heterocycles. The number of nitrogens with zero attached hydrogens (tertiary/aromatic N) is 2. The van der Waals surface area contributed by atoms with Gasteiger partial charge in [0.05, 0.1) is 12.0 Å². The average Bonchev–Trinajstić information content (AvgIpc) is 2.98. The van der Waals surface area contributed by atoms with E-state index in [1.165, 1.54) is 11.1 Å². The highest BCUT2D eigenvalue weighted by molar-refractivity contribution is 5.64. The Morgan fingerprint density at radius 3 is 3.00 bits per heavy atom. The summed E-state index contributed by atoms with van der Waals surface area (Å²) in [4.78, 5) is 2.49. The molecule has 0 radical (unpaired) electrons. The number of likely N-dealkylation sites (N-methyl/N-ethyl adjacent to an activating group) is 1. The average molecular weight is 334 g/mol. The van der Waals surface area contributed by atoms with Crippen LogP contribution in [0.5, 0.6) is 11.5 Å². The highest BCUT2D eigenvalue weighted by atomic mass is 16.5. The number of likely N-dealkylation sites (tertiary alicyclic amines) is 1. The van der Waals surface area contributed by atoms with Crippen LogP contribution in [-0.4, -0.2) is 35.7 Å². The Morgan fingerprint density at radius 2 is 2.20 bits per heavy atom. The third-order valence-electron chi connectivity index (χ3n) is 8.34. The van der Waals surface area contributed by atoms with Gasteiger partial charge in [0.25, 0.3) is 0 Å². The Labute approximate surface area is 147 Å². The molecule has 2 heterocycles. The van der Waals surface area contributed by atoms with Gasteiger partial charge in [-0.3, -0.25) is 0 Å². The topological polar surface area (TPSA) is 56.5 Å². The first kappa shape index (κ1) is 14.2. The summed E-state index contributed by atoms with van der Waals surface area (Å²) in [6.07, 6.45) is 7.56. The van der Waals surface area contributed by atoms with Crippen LogP contribution >= 0.6 is 0 Å². The summed E-state index contributed by atoms with van der Waals surface area (Å²) in [5.41, 5.74) is 2.14. The van der Waals surface area contributed by atoms with Gasteiger partial charge in [0.15, 0.2) is 11.5 Å². The summed E-state index contributed by atoms with van der Waals surface area (Å²) < 4.78 is 6.54. The molecule has 1 aromatic carbocycles. The number of phenolic OH excluding ortho intramolecular Hbond substituents is 1. The molecular weight excluding hydrogens is 312 g/mol. The molecule has 4 bridgehead atoms. The molecule has 0 amide bonds. The van der Waals surface area contributed by atoms with Crippen LogP contribution in [0.25, 0.3) is 0 Å². The molecular formula is C21H22N2O2. The fraction of sp³-hybridized carbons (Fsp3) is 0.571. The van der Waals surface area contributed by atoms with E-state index in [4.69, 9.17) is 4.74 Å². The highest BCUT2D eigenvalue weighted by Gasteiger charge is 2.77. The van der Waals surface area contributed by atoms with Crippen LogP contribution in [-0.2, 0) is 11.8 Å². The molecule has 4 aliphatic carbocycles. The Bertz CT molecular complexity index is 902. The smallest absolute Gasteiger partial charge is 0.165 e. The standard InChI is InChI=1S/C21H22N2O2/c1-19-5-6-20(10-13(19)11-22)15-9-12-3-4-14(24)17-16(12)21(20,18(19)25-17)7-8-23(15)2/h3-6,13,15,18,24H,7-10H2,1-2H3/t13-,15+,18-,19-,20+,21-/m0/s1. The molecule has 6 aliphatic rings. The van der Waals surface area contributed by atoms with Crippen molar-refractivity contribution in [3.63, 3.8) is 0 Å². The summed E-state index contributed by atoms with van der Waals surface area (Å²) in [6.45, 7) is 3.23. The lowest BCUT2D eigenvalue weighted by Gasteiger charge is -2.70. The number of rotatable bonds is 0. The molecule has 4 nitrogen and oxygen atoms in total. The van der Waals surface area contributed by atoms with Crippen molar-refractivity contribution >= 4 is 0 Å². The van der Waals surface area contributed by atoms with Crippen molar-refractivity contribution in [3.05, 3.63) is 35.4 Å². The van der Waals surface area contributed by atoms with Gasteiger partial charge in [-0.15, -0.1) is 0 Å². The second-order valence-corrected chi connectivity index (χ2v) is 8.99. The first-order valence-electron chi connectivity index (χ1n) is 9.30. The van der Waals surface area contributed by atoms with Crippen molar-refractivity contribution in [2.45, 2.75) is 43.7 Å². The number of piperidine rings is 1. The maximum Gasteiger partial charge on any atom is 0.165 e. The monoisotopic (exact) mass is 334 g/mol. The SMILES string of the molecule is CN1CC[C@]23c4c5ccc(O)c4O[C@H]2[C@@]2(C)C=C[C@@]3(C[C@H]2C#N)[C@H]1C5. The summed E-state index contributed by atoms with van der Waals surface area (Å²) in [5, 5.41) is 20.5. The fourth-order valence-electron chi connectivity index (χ4n) is 7.21. The predicted octanol–water partition coefficient (Wildman–Crippen LogP) is 2.76. The molecule has 1 aromatic rings. The van der Waals surface area contributed by atoms with E-state index in [0.717, 1.165) is 25.8 Å². The van der Waals surface area contributed by atoms with E-state index >= 15 is 0 Å². The van der Waals surface area contributed by atoms with Crippen LogP contribution in [0.1, 0.15) is 30.9 Å². The number of hydrogen-bond acceptors (Lipinski definition) is 4. The van der Waals surface area contributed by atoms with Crippen molar-refractivity contribution in [1.82, 2.24) is 4.90 Å². The van der Waals surface area contributed by atoms with Crippen LogP contribution in [0.2, 0.25) is 0 Å². The zero-order valence-corrected chi connectivity index (χ0v) is 14.6. The Morgan fingerprint density at radius 1 is 1.36 bits per heavy atom. The molecule has 2 spiro atoms. The van der Waals surface area contributed by atoms with Crippen LogP contribution < -0.4 is 4.74 Å². The van der Waals surface area contributed by atoms with Crippen molar-refractivity contribution < 1.29 is 9.84 Å². The Balaban J connectivity index is 1.75. The number of aromatic hydroxyl groups is 1. The lowest BCUT2D eigenvalue weighted by molar-refractivity contribution is -0.154. The van der Waals surface area contributed by atoms with Crippen LogP contribution in [0.3, 0.4) is 0 Å². The van der Waals surface area contributed by atoms with Crippen LogP contribution in [0.15, 0.2) is 24.3 Å². The maximum atomic E-state index is 10.5. The molecule has 1 saturated carbocycles. The van der Waals surface area contributed by atoms with E-state index in [1.54, 1.807) is 6.07 Å². The number of nitriles is 1. The minimum Gasteiger partial charge on any atom is -0.504 e. The third-order valence-corrected chi connectivity index (χ3v) is 8.34. The number of benzene rings is 1. The first-order valence-corrected chi connectivity index (χ1v) is 9.30. The van der Waals surface area contributed by atoms with Crippen molar-refractivity contribution in [2.75, 3.05) is 13.6 Å². The van der Waals surface area contributed by atoms with E-state index in [1.807, 2.05) is 0 Å². The fourth-order valence-corrected chi connectivity index (χ4v) is 7.21. The van der Waals surface area contributed by atoms with Crippen LogP contribution in [0.4, 0.5) is 0 Å². The quantitative estimate of drug-likeness (QED) is 0.741. The van der Waals surface area contributed by atoms with Gasteiger partial charge in [-0.05, 0) is 44.5 Å². The molecule has 7 rings (SSSR count). The Kier molecular flexibility index (Phi) is 2.21. The van der Waals surface area contributed by atoms with Gasteiger partial charge in [-0.1, -0.05) is 25.1 Å². The molecule has 128 valence electrons. The van der Waals surface area contributed by atoms with E-state index in [9.17, 15) is 10.4 Å². The van der Waals surface area contributed by atoms with Gasteiger partial charge in [-0.25, -0.2) is 0 Å². The summed E-state index contributed by atoms with van der Waals surface area (Å²) >= 11 is 0. The van der Waals surface area contributed by atoms with E-state index in [2.05, 4.69) is 43.2 Å². The van der Waals surface area contributed by atoms with Gasteiger partial charge in [0.2, 0.25) is 0 Å². The molecule has 6 atom stereocenters. The van der Waals surface area contributed by atoms with Crippen molar-refractivity contribution in [1.29, 1.82) is 5.26 Å². The van der Waals surface area contributed by atoms with E-state index < -0.39 is 0 Å². The summed E-state index contributed by atoms with van der Waals surface area (Å²) in [5.74, 6) is 0.914. The number of fused-ring (bicyclic) bond motifs is 1. The van der Waals surface area contributed by atoms with E-state index in [0.29, 0.717) is 11.8 Å². The van der Waals surface area contributed by atoms with Gasteiger partial charge in [0.1, 0.15) is 6.10 Å². The second kappa shape index (κ2) is 3.88. The molecule has 1 N–H and O–H groups in total. The van der Waals surface area contributed by atoms with Gasteiger partial charge in [0, 0.05) is 27.9 Å². The van der Waals surface area contributed by atoms with Crippen molar-refractivity contribution in [2.24, 2.45) is 16.7 Å². The molecule has 0 unspecified atom stereocenters. The van der Waals surface area contributed by atoms with Gasteiger partial charge >= 0.3 is 0 Å². The zero-order valence-electron chi connectivity index (χ0n) is 14.6. The summed E-state index contributed by atoms with van der Waals surface area (Å²) in [6, 6.07) is 6.87. The molecule has 0 aromatic heterocycles. The predicted molar refractivity (Wildman–Crippen MR) is 92.3 cm³/mol. The second-order valence-electron chi connectivity index (χ2n) is 8.99. The number of hydrogen-bond donors (Lipinski definition) is 1.